The van der Waals surface area contributed by atoms with Crippen molar-refractivity contribution in [1.82, 2.24) is 15.2 Å². The number of rotatable bonds is 2. The molecule has 1 aromatic heterocycles. The molecule has 1 N–H and O–H groups in total. The van der Waals surface area contributed by atoms with Gasteiger partial charge in [-0.05, 0) is 30.9 Å². The maximum Gasteiger partial charge on any atom is 0.141 e. The van der Waals surface area contributed by atoms with Gasteiger partial charge in [0, 0.05) is 37.9 Å². The van der Waals surface area contributed by atoms with Gasteiger partial charge in [0.05, 0.1) is 6.20 Å². The highest BCUT2D eigenvalue weighted by Crippen LogP contribution is 2.21. The summed E-state index contributed by atoms with van der Waals surface area (Å²) in [5.41, 5.74) is 0.975. The molecule has 2 aliphatic rings. The first-order valence-corrected chi connectivity index (χ1v) is 6.37. The van der Waals surface area contributed by atoms with Crippen LogP contribution < -0.4 is 5.32 Å². The van der Waals surface area contributed by atoms with Gasteiger partial charge in [-0.1, -0.05) is 0 Å². The van der Waals surface area contributed by atoms with E-state index in [1.807, 2.05) is 0 Å². The minimum absolute atomic E-state index is 0.239. The second-order valence-electron chi connectivity index (χ2n) is 5.17. The van der Waals surface area contributed by atoms with Crippen molar-refractivity contribution in [2.75, 3.05) is 13.1 Å². The van der Waals surface area contributed by atoms with E-state index in [9.17, 15) is 4.39 Å². The molecular weight excluding hydrogens is 217 g/mol. The molecule has 3 rings (SSSR count). The lowest BCUT2D eigenvalue weighted by Crippen LogP contribution is -2.34. The maximum absolute atomic E-state index is 13.1. The summed E-state index contributed by atoms with van der Waals surface area (Å²) in [5, 5.41) is 3.65. The number of fused-ring (bicyclic) bond motifs is 2. The topological polar surface area (TPSA) is 28.2 Å². The molecule has 0 aromatic carbocycles. The highest BCUT2D eigenvalue weighted by molar-refractivity contribution is 5.10. The Bertz CT molecular complexity index is 396. The minimum atomic E-state index is -0.239. The van der Waals surface area contributed by atoms with Gasteiger partial charge in [0.2, 0.25) is 0 Å². The van der Waals surface area contributed by atoms with Gasteiger partial charge in [0.25, 0.3) is 0 Å². The summed E-state index contributed by atoms with van der Waals surface area (Å²) in [7, 11) is 0. The van der Waals surface area contributed by atoms with E-state index >= 15 is 0 Å². The van der Waals surface area contributed by atoms with Gasteiger partial charge >= 0.3 is 0 Å². The summed E-state index contributed by atoms with van der Waals surface area (Å²) >= 11 is 0. The molecule has 17 heavy (non-hydrogen) atoms. The SMILES string of the molecule is Fc1cncc(CN2CCC3CCC(C2)N3)c1. The molecule has 2 bridgehead atoms. The van der Waals surface area contributed by atoms with E-state index < -0.39 is 0 Å². The Morgan fingerprint density at radius 1 is 1.29 bits per heavy atom. The first kappa shape index (κ1) is 11.1. The van der Waals surface area contributed by atoms with E-state index in [0.717, 1.165) is 25.2 Å². The summed E-state index contributed by atoms with van der Waals surface area (Å²) < 4.78 is 13.1. The van der Waals surface area contributed by atoms with E-state index in [1.165, 1.54) is 25.5 Å². The Labute approximate surface area is 101 Å². The van der Waals surface area contributed by atoms with Crippen LogP contribution in [0.1, 0.15) is 24.8 Å². The van der Waals surface area contributed by atoms with Crippen LogP contribution >= 0.6 is 0 Å². The van der Waals surface area contributed by atoms with Crippen molar-refractivity contribution < 1.29 is 4.39 Å². The van der Waals surface area contributed by atoms with Crippen molar-refractivity contribution in [2.45, 2.75) is 37.9 Å². The van der Waals surface area contributed by atoms with Gasteiger partial charge in [-0.15, -0.1) is 0 Å². The van der Waals surface area contributed by atoms with Crippen molar-refractivity contribution >= 4 is 0 Å². The van der Waals surface area contributed by atoms with Crippen molar-refractivity contribution in [2.24, 2.45) is 0 Å². The molecule has 2 atom stereocenters. The standard InChI is InChI=1S/C13H18FN3/c14-11-5-10(6-15-7-11)8-17-4-3-12-1-2-13(9-17)16-12/h5-7,12-13,16H,1-4,8-9H2. The first-order chi connectivity index (χ1) is 8.29. The summed E-state index contributed by atoms with van der Waals surface area (Å²) in [6, 6.07) is 2.92. The minimum Gasteiger partial charge on any atom is -0.310 e. The molecule has 0 saturated carbocycles. The van der Waals surface area contributed by atoms with Crippen molar-refractivity contribution in [3.8, 4) is 0 Å². The number of hydrogen-bond donors (Lipinski definition) is 1. The molecule has 3 heterocycles. The third-order valence-corrected chi connectivity index (χ3v) is 3.78. The Morgan fingerprint density at radius 3 is 3.06 bits per heavy atom. The molecule has 2 fully saturated rings. The molecule has 92 valence electrons. The molecule has 0 spiro atoms. The lowest BCUT2D eigenvalue weighted by Gasteiger charge is -2.23. The van der Waals surface area contributed by atoms with Gasteiger partial charge in [0.15, 0.2) is 0 Å². The number of aromatic nitrogens is 1. The summed E-state index contributed by atoms with van der Waals surface area (Å²) in [5.74, 6) is -0.239. The predicted octanol–water partition coefficient (Wildman–Crippen LogP) is 1.55. The van der Waals surface area contributed by atoms with Gasteiger partial charge in [-0.3, -0.25) is 9.88 Å². The molecular formula is C13H18FN3. The smallest absolute Gasteiger partial charge is 0.141 e. The Kier molecular flexibility index (Phi) is 3.07. The van der Waals surface area contributed by atoms with Gasteiger partial charge in [-0.25, -0.2) is 4.39 Å². The summed E-state index contributed by atoms with van der Waals surface area (Å²) in [6.07, 6.45) is 6.83. The second kappa shape index (κ2) is 4.70. The molecule has 0 radical (unpaired) electrons. The van der Waals surface area contributed by atoms with Gasteiger partial charge < -0.3 is 5.32 Å². The Hall–Kier alpha value is -1.00. The van der Waals surface area contributed by atoms with Crippen LogP contribution in [0.25, 0.3) is 0 Å². The van der Waals surface area contributed by atoms with Crippen LogP contribution in [-0.4, -0.2) is 35.1 Å². The van der Waals surface area contributed by atoms with Crippen LogP contribution in [0, 0.1) is 5.82 Å². The first-order valence-electron chi connectivity index (χ1n) is 6.37. The molecule has 2 aliphatic heterocycles. The Morgan fingerprint density at radius 2 is 2.18 bits per heavy atom. The van der Waals surface area contributed by atoms with E-state index in [-0.39, 0.29) is 5.82 Å². The predicted molar refractivity (Wildman–Crippen MR) is 64.0 cm³/mol. The molecule has 1 aromatic rings. The van der Waals surface area contributed by atoms with Crippen molar-refractivity contribution in [3.05, 3.63) is 29.8 Å². The Balaban J connectivity index is 1.65. The lowest BCUT2D eigenvalue weighted by atomic mass is 10.1. The van der Waals surface area contributed by atoms with Crippen LogP contribution in [0.5, 0.6) is 0 Å². The summed E-state index contributed by atoms with van der Waals surface area (Å²) in [4.78, 5) is 6.31. The average Bonchev–Trinajstić information content (AvgIpc) is 2.63. The molecule has 2 unspecified atom stereocenters. The molecule has 3 nitrogen and oxygen atoms in total. The molecule has 0 aliphatic carbocycles. The fourth-order valence-corrected chi connectivity index (χ4v) is 2.96. The highest BCUT2D eigenvalue weighted by Gasteiger charge is 2.28. The van der Waals surface area contributed by atoms with Crippen molar-refractivity contribution in [3.63, 3.8) is 0 Å². The molecule has 4 heteroatoms. The van der Waals surface area contributed by atoms with E-state index in [4.69, 9.17) is 0 Å². The zero-order chi connectivity index (χ0) is 11.7. The number of likely N-dealkylation sites (tertiary alicyclic amines) is 1. The zero-order valence-electron chi connectivity index (χ0n) is 9.90. The monoisotopic (exact) mass is 235 g/mol. The number of halogens is 1. The van der Waals surface area contributed by atoms with Crippen LogP contribution in [0.15, 0.2) is 18.5 Å². The van der Waals surface area contributed by atoms with E-state index in [1.54, 1.807) is 12.3 Å². The van der Waals surface area contributed by atoms with E-state index in [2.05, 4.69) is 15.2 Å². The van der Waals surface area contributed by atoms with E-state index in [0.29, 0.717) is 12.1 Å². The van der Waals surface area contributed by atoms with Crippen molar-refractivity contribution in [1.29, 1.82) is 0 Å². The summed E-state index contributed by atoms with van der Waals surface area (Å²) in [6.45, 7) is 2.99. The number of nitrogens with one attached hydrogen (secondary N) is 1. The lowest BCUT2D eigenvalue weighted by molar-refractivity contribution is 0.250. The van der Waals surface area contributed by atoms with Crippen LogP contribution in [-0.2, 0) is 6.54 Å². The van der Waals surface area contributed by atoms with Crippen LogP contribution in [0.4, 0.5) is 4.39 Å². The zero-order valence-corrected chi connectivity index (χ0v) is 9.90. The molecule has 2 saturated heterocycles. The van der Waals surface area contributed by atoms with Gasteiger partial charge in [-0.2, -0.15) is 0 Å². The van der Waals surface area contributed by atoms with Gasteiger partial charge in [0.1, 0.15) is 5.82 Å². The van der Waals surface area contributed by atoms with Crippen LogP contribution in [0.3, 0.4) is 0 Å². The third kappa shape index (κ3) is 2.64. The number of hydrogen-bond acceptors (Lipinski definition) is 3. The fraction of sp³-hybridized carbons (Fsp3) is 0.615. The quantitative estimate of drug-likeness (QED) is 0.843. The number of pyridine rings is 1. The molecule has 0 amide bonds. The average molecular weight is 235 g/mol. The second-order valence-corrected chi connectivity index (χ2v) is 5.17. The number of nitrogens with zero attached hydrogens (tertiary/aromatic N) is 2. The normalized spacial score (nSPS) is 29.2. The van der Waals surface area contributed by atoms with Crippen LogP contribution in [0.2, 0.25) is 0 Å². The maximum atomic E-state index is 13.1. The third-order valence-electron chi connectivity index (χ3n) is 3.78. The largest absolute Gasteiger partial charge is 0.310 e. The fourth-order valence-electron chi connectivity index (χ4n) is 2.96. The highest BCUT2D eigenvalue weighted by atomic mass is 19.1.